The maximum absolute atomic E-state index is 12.2. The van der Waals surface area contributed by atoms with Crippen molar-refractivity contribution in [3.05, 3.63) is 54.6 Å². The van der Waals surface area contributed by atoms with Gasteiger partial charge in [-0.15, -0.1) is 0 Å². The molecule has 1 heterocycles. The van der Waals surface area contributed by atoms with Gasteiger partial charge in [-0.25, -0.2) is 4.98 Å². The number of aromatic amines is 1. The SMILES string of the molecule is O=S(CCCCOc1ccccc1)c1nc2ccccc2[nH]1. The lowest BCUT2D eigenvalue weighted by atomic mass is 10.3. The van der Waals surface area contributed by atoms with Crippen molar-refractivity contribution in [2.75, 3.05) is 12.4 Å². The minimum Gasteiger partial charge on any atom is -0.494 e. The first kappa shape index (κ1) is 14.8. The second kappa shape index (κ2) is 7.22. The Morgan fingerprint density at radius 2 is 1.77 bits per heavy atom. The predicted molar refractivity (Wildman–Crippen MR) is 88.5 cm³/mol. The second-order valence-electron chi connectivity index (χ2n) is 4.98. The molecular weight excluding hydrogens is 296 g/mol. The number of H-pyrrole nitrogens is 1. The molecule has 1 N–H and O–H groups in total. The fourth-order valence-electron chi connectivity index (χ4n) is 2.18. The van der Waals surface area contributed by atoms with Crippen molar-refractivity contribution in [2.45, 2.75) is 18.0 Å². The molecule has 22 heavy (non-hydrogen) atoms. The maximum atomic E-state index is 12.2. The summed E-state index contributed by atoms with van der Waals surface area (Å²) in [5.74, 6) is 1.47. The molecule has 0 amide bonds. The number of nitrogens with one attached hydrogen (secondary N) is 1. The third-order valence-electron chi connectivity index (χ3n) is 3.32. The molecule has 5 heteroatoms. The van der Waals surface area contributed by atoms with Gasteiger partial charge < -0.3 is 9.72 Å². The number of hydrogen-bond donors (Lipinski definition) is 1. The number of imidazole rings is 1. The van der Waals surface area contributed by atoms with E-state index in [1.807, 2.05) is 54.6 Å². The number of para-hydroxylation sites is 3. The molecule has 1 atom stereocenters. The Morgan fingerprint density at radius 3 is 2.59 bits per heavy atom. The van der Waals surface area contributed by atoms with E-state index in [4.69, 9.17) is 4.74 Å². The van der Waals surface area contributed by atoms with Crippen LogP contribution in [0.4, 0.5) is 0 Å². The van der Waals surface area contributed by atoms with Gasteiger partial charge in [-0.2, -0.15) is 0 Å². The minimum atomic E-state index is -1.09. The summed E-state index contributed by atoms with van der Waals surface area (Å²) in [5.41, 5.74) is 1.79. The summed E-state index contributed by atoms with van der Waals surface area (Å²) in [6, 6.07) is 17.5. The molecule has 0 aliphatic carbocycles. The van der Waals surface area contributed by atoms with Crippen LogP contribution in [0.3, 0.4) is 0 Å². The summed E-state index contributed by atoms with van der Waals surface area (Å²) in [6.07, 6.45) is 1.72. The molecule has 0 aliphatic rings. The number of rotatable bonds is 7. The molecule has 3 rings (SSSR count). The summed E-state index contributed by atoms with van der Waals surface area (Å²) in [4.78, 5) is 7.49. The summed E-state index contributed by atoms with van der Waals surface area (Å²) in [7, 11) is -1.09. The van der Waals surface area contributed by atoms with Crippen LogP contribution in [0.5, 0.6) is 5.75 Å². The third kappa shape index (κ3) is 3.74. The Labute approximate surface area is 132 Å². The van der Waals surface area contributed by atoms with E-state index in [1.165, 1.54) is 0 Å². The molecule has 0 fully saturated rings. The normalized spacial score (nSPS) is 12.4. The van der Waals surface area contributed by atoms with Crippen LogP contribution >= 0.6 is 0 Å². The molecule has 0 radical (unpaired) electrons. The van der Waals surface area contributed by atoms with Crippen molar-refractivity contribution in [2.24, 2.45) is 0 Å². The molecule has 3 aromatic rings. The zero-order valence-corrected chi connectivity index (χ0v) is 13.0. The zero-order chi connectivity index (χ0) is 15.2. The smallest absolute Gasteiger partial charge is 0.197 e. The molecule has 1 unspecified atom stereocenters. The van der Waals surface area contributed by atoms with Crippen LogP contribution in [0.2, 0.25) is 0 Å². The van der Waals surface area contributed by atoms with Crippen LogP contribution in [0.15, 0.2) is 59.8 Å². The molecule has 0 aliphatic heterocycles. The van der Waals surface area contributed by atoms with Gasteiger partial charge in [0.25, 0.3) is 0 Å². The van der Waals surface area contributed by atoms with E-state index in [1.54, 1.807) is 0 Å². The second-order valence-corrected chi connectivity index (χ2v) is 6.46. The van der Waals surface area contributed by atoms with E-state index in [-0.39, 0.29) is 0 Å². The van der Waals surface area contributed by atoms with Crippen LogP contribution in [0.25, 0.3) is 11.0 Å². The van der Waals surface area contributed by atoms with Gasteiger partial charge in [-0.1, -0.05) is 30.3 Å². The highest BCUT2D eigenvalue weighted by molar-refractivity contribution is 7.84. The van der Waals surface area contributed by atoms with Crippen molar-refractivity contribution in [1.29, 1.82) is 0 Å². The molecule has 0 spiro atoms. The third-order valence-corrected chi connectivity index (χ3v) is 4.60. The number of ether oxygens (including phenoxy) is 1. The molecule has 2 aromatic carbocycles. The van der Waals surface area contributed by atoms with Crippen LogP contribution < -0.4 is 4.74 Å². The Hall–Kier alpha value is -2.14. The maximum Gasteiger partial charge on any atom is 0.197 e. The van der Waals surface area contributed by atoms with Crippen LogP contribution in [0, 0.1) is 0 Å². The van der Waals surface area contributed by atoms with Gasteiger partial charge in [-0.3, -0.25) is 4.21 Å². The molecule has 114 valence electrons. The largest absolute Gasteiger partial charge is 0.494 e. The van der Waals surface area contributed by atoms with E-state index >= 15 is 0 Å². The van der Waals surface area contributed by atoms with Crippen molar-refractivity contribution in [3.8, 4) is 5.75 Å². The van der Waals surface area contributed by atoms with Crippen molar-refractivity contribution in [3.63, 3.8) is 0 Å². The van der Waals surface area contributed by atoms with Gasteiger partial charge >= 0.3 is 0 Å². The summed E-state index contributed by atoms with van der Waals surface area (Å²) in [5, 5.41) is 0.560. The van der Waals surface area contributed by atoms with E-state index in [2.05, 4.69) is 9.97 Å². The van der Waals surface area contributed by atoms with Crippen LogP contribution in [0.1, 0.15) is 12.8 Å². The number of benzene rings is 2. The lowest BCUT2D eigenvalue weighted by Crippen LogP contribution is -2.03. The topological polar surface area (TPSA) is 55.0 Å². The van der Waals surface area contributed by atoms with Crippen LogP contribution in [-0.4, -0.2) is 26.5 Å². The van der Waals surface area contributed by atoms with Crippen molar-refractivity contribution < 1.29 is 8.95 Å². The first-order chi connectivity index (χ1) is 10.8. The summed E-state index contributed by atoms with van der Waals surface area (Å²) >= 11 is 0. The molecule has 0 bridgehead atoms. The molecule has 4 nitrogen and oxygen atoms in total. The van der Waals surface area contributed by atoms with E-state index < -0.39 is 10.8 Å². The Morgan fingerprint density at radius 1 is 1.00 bits per heavy atom. The molecular formula is C17H18N2O2S. The van der Waals surface area contributed by atoms with E-state index in [0.717, 1.165) is 29.6 Å². The predicted octanol–water partition coefficient (Wildman–Crippen LogP) is 3.53. The fraction of sp³-hybridized carbons (Fsp3) is 0.235. The average Bonchev–Trinajstić information content (AvgIpc) is 2.99. The number of hydrogen-bond acceptors (Lipinski definition) is 3. The first-order valence-corrected chi connectivity index (χ1v) is 8.66. The average molecular weight is 314 g/mol. The summed E-state index contributed by atoms with van der Waals surface area (Å²) < 4.78 is 17.8. The quantitative estimate of drug-likeness (QED) is 0.679. The van der Waals surface area contributed by atoms with Gasteiger partial charge in [0.15, 0.2) is 5.16 Å². The van der Waals surface area contributed by atoms with Crippen LogP contribution in [-0.2, 0) is 10.8 Å². The van der Waals surface area contributed by atoms with E-state index in [0.29, 0.717) is 17.5 Å². The number of aromatic nitrogens is 2. The lowest BCUT2D eigenvalue weighted by molar-refractivity contribution is 0.309. The van der Waals surface area contributed by atoms with Crippen molar-refractivity contribution >= 4 is 21.8 Å². The standard InChI is InChI=1S/C17H18N2O2S/c20-22(17-18-15-10-4-5-11-16(15)19-17)13-7-6-12-21-14-8-2-1-3-9-14/h1-5,8-11H,6-7,12-13H2,(H,18,19). The highest BCUT2D eigenvalue weighted by Gasteiger charge is 2.09. The van der Waals surface area contributed by atoms with Crippen molar-refractivity contribution in [1.82, 2.24) is 9.97 Å². The monoisotopic (exact) mass is 314 g/mol. The van der Waals surface area contributed by atoms with Gasteiger partial charge in [0, 0.05) is 5.75 Å². The molecule has 0 saturated carbocycles. The highest BCUT2D eigenvalue weighted by Crippen LogP contribution is 2.14. The van der Waals surface area contributed by atoms with Gasteiger partial charge in [0.1, 0.15) is 5.75 Å². The van der Waals surface area contributed by atoms with Gasteiger partial charge in [-0.05, 0) is 37.1 Å². The minimum absolute atomic E-state index is 0.560. The Kier molecular flexibility index (Phi) is 4.85. The number of unbranched alkanes of at least 4 members (excludes halogenated alkanes) is 1. The Bertz CT molecular complexity index is 722. The number of fused-ring (bicyclic) bond motifs is 1. The lowest BCUT2D eigenvalue weighted by Gasteiger charge is -2.05. The van der Waals surface area contributed by atoms with E-state index in [9.17, 15) is 4.21 Å². The van der Waals surface area contributed by atoms with Gasteiger partial charge in [0.05, 0.1) is 28.4 Å². The molecule has 1 aromatic heterocycles. The van der Waals surface area contributed by atoms with Gasteiger partial charge in [0.2, 0.25) is 0 Å². The highest BCUT2D eigenvalue weighted by atomic mass is 32.2. The number of nitrogens with zero attached hydrogens (tertiary/aromatic N) is 1. The fourth-order valence-corrected chi connectivity index (χ4v) is 3.26. The first-order valence-electron chi connectivity index (χ1n) is 7.34. The summed E-state index contributed by atoms with van der Waals surface area (Å²) in [6.45, 7) is 0.640. The Balaban J connectivity index is 1.44. The zero-order valence-electron chi connectivity index (χ0n) is 12.2. The molecule has 0 saturated heterocycles.